The number of fused-ring (bicyclic) bond motifs is 3. The molecule has 1 aromatic carbocycles. The van der Waals surface area contributed by atoms with E-state index in [1.807, 2.05) is 28.0 Å². The number of H-pyrrole nitrogens is 1. The minimum Gasteiger partial charge on any atom is -0.448 e. The summed E-state index contributed by atoms with van der Waals surface area (Å²) in [5.41, 5.74) is 3.40. The first-order valence-corrected chi connectivity index (χ1v) is 10.9. The number of nitrogens with zero attached hydrogens (tertiary/aromatic N) is 2. The van der Waals surface area contributed by atoms with Crippen LogP contribution in [0.1, 0.15) is 44.0 Å². The average molecular weight is 422 g/mol. The number of nitrogens with one attached hydrogen (secondary N) is 1. The van der Waals surface area contributed by atoms with Gasteiger partial charge in [0.25, 0.3) is 0 Å². The van der Waals surface area contributed by atoms with Crippen molar-refractivity contribution >= 4 is 28.6 Å². The number of aromatic amines is 1. The van der Waals surface area contributed by atoms with E-state index in [2.05, 4.69) is 18.8 Å². The molecule has 7 heteroatoms. The van der Waals surface area contributed by atoms with E-state index in [4.69, 9.17) is 16.3 Å². The minimum atomic E-state index is -0.753. The van der Waals surface area contributed by atoms with E-state index in [1.165, 1.54) is 5.56 Å². The molecule has 2 aliphatic heterocycles. The van der Waals surface area contributed by atoms with E-state index >= 15 is 0 Å². The summed E-state index contributed by atoms with van der Waals surface area (Å²) in [4.78, 5) is 20.3. The smallest absolute Gasteiger partial charge is 0.410 e. The molecule has 1 saturated heterocycles. The van der Waals surface area contributed by atoms with Crippen LogP contribution in [0.15, 0.2) is 18.2 Å². The van der Waals surface area contributed by atoms with E-state index in [0.717, 1.165) is 41.0 Å². The predicted octanol–water partition coefficient (Wildman–Crippen LogP) is 4.95. The molecule has 4 rings (SSSR count). The first kappa shape index (κ1) is 20.5. The van der Waals surface area contributed by atoms with Crippen LogP contribution in [-0.4, -0.2) is 59.8 Å². The van der Waals surface area contributed by atoms with Gasteiger partial charge in [-0.05, 0) is 48.9 Å². The third-order valence-electron chi connectivity index (χ3n) is 5.99. The van der Waals surface area contributed by atoms with E-state index < -0.39 is 6.17 Å². The van der Waals surface area contributed by atoms with Crippen molar-refractivity contribution in [2.75, 3.05) is 32.8 Å². The number of rotatable bonds is 5. The van der Waals surface area contributed by atoms with Crippen LogP contribution in [0.4, 0.5) is 9.18 Å². The number of aromatic nitrogens is 1. The number of hydrogen-bond donors (Lipinski definition) is 1. The van der Waals surface area contributed by atoms with E-state index in [-0.39, 0.29) is 12.1 Å². The Balaban J connectivity index is 1.49. The van der Waals surface area contributed by atoms with Crippen LogP contribution in [0, 0.1) is 5.92 Å². The lowest BCUT2D eigenvalue weighted by molar-refractivity contribution is 0.0700. The van der Waals surface area contributed by atoms with Crippen molar-refractivity contribution in [2.24, 2.45) is 5.92 Å². The molecule has 29 heavy (non-hydrogen) atoms. The fourth-order valence-electron chi connectivity index (χ4n) is 4.58. The summed E-state index contributed by atoms with van der Waals surface area (Å²) < 4.78 is 18.9. The number of alkyl halides is 1. The van der Waals surface area contributed by atoms with Gasteiger partial charge in [-0.25, -0.2) is 9.18 Å². The van der Waals surface area contributed by atoms with Crippen LogP contribution in [0.25, 0.3) is 10.9 Å². The van der Waals surface area contributed by atoms with Gasteiger partial charge in [0, 0.05) is 47.8 Å². The summed E-state index contributed by atoms with van der Waals surface area (Å²) in [6, 6.07) is 5.84. The summed E-state index contributed by atoms with van der Waals surface area (Å²) in [5, 5.41) is 1.86. The Morgan fingerprint density at radius 3 is 2.93 bits per heavy atom. The Morgan fingerprint density at radius 1 is 1.38 bits per heavy atom. The van der Waals surface area contributed by atoms with Crippen LogP contribution in [0.3, 0.4) is 0 Å². The van der Waals surface area contributed by atoms with Crippen molar-refractivity contribution in [1.29, 1.82) is 0 Å². The maximum Gasteiger partial charge on any atom is 0.410 e. The molecule has 1 fully saturated rings. The van der Waals surface area contributed by atoms with Crippen molar-refractivity contribution in [1.82, 2.24) is 14.8 Å². The Kier molecular flexibility index (Phi) is 6.02. The number of benzene rings is 1. The Labute approximate surface area is 176 Å². The Morgan fingerprint density at radius 2 is 2.21 bits per heavy atom. The van der Waals surface area contributed by atoms with Crippen LogP contribution in [-0.2, 0) is 11.2 Å². The molecule has 0 saturated carbocycles. The minimum absolute atomic E-state index is 0.0422. The van der Waals surface area contributed by atoms with E-state index in [1.54, 1.807) is 0 Å². The van der Waals surface area contributed by atoms with E-state index in [0.29, 0.717) is 38.6 Å². The highest BCUT2D eigenvalue weighted by Crippen LogP contribution is 2.38. The molecule has 1 aromatic heterocycles. The van der Waals surface area contributed by atoms with E-state index in [9.17, 15) is 9.18 Å². The fourth-order valence-corrected chi connectivity index (χ4v) is 4.75. The molecule has 2 unspecified atom stereocenters. The zero-order chi connectivity index (χ0) is 20.5. The molecule has 2 aromatic rings. The first-order chi connectivity index (χ1) is 13.9. The van der Waals surface area contributed by atoms with Crippen molar-refractivity contribution in [3.63, 3.8) is 0 Å². The van der Waals surface area contributed by atoms with Crippen molar-refractivity contribution in [3.05, 3.63) is 34.5 Å². The van der Waals surface area contributed by atoms with Gasteiger partial charge < -0.3 is 9.72 Å². The maximum absolute atomic E-state index is 13.3. The molecule has 2 aliphatic rings. The second-order valence-electron chi connectivity index (χ2n) is 8.60. The van der Waals surface area contributed by atoms with Crippen LogP contribution < -0.4 is 0 Å². The quantitative estimate of drug-likeness (QED) is 0.743. The number of carbonyl (C=O) groups is 1. The number of likely N-dealkylation sites (tertiary alicyclic amines) is 1. The summed E-state index contributed by atoms with van der Waals surface area (Å²) in [6.07, 6.45) is 1.17. The van der Waals surface area contributed by atoms with Crippen LogP contribution in [0.5, 0.6) is 0 Å². The average Bonchev–Trinajstić information content (AvgIpc) is 3.25. The van der Waals surface area contributed by atoms with Gasteiger partial charge in [0.2, 0.25) is 0 Å². The standard InChI is InChI=1S/C22H29ClFN3O2/c1-14(2)11-20-21-17(18-12-15(23)3-4-19(18)25-21)6-8-27(20)22(28)29-10-9-26-7-5-16(24)13-26/h3-4,12,14,16,20,25H,5-11,13H2,1-2H3. The lowest BCUT2D eigenvalue weighted by atomic mass is 9.92. The van der Waals surface area contributed by atoms with Gasteiger partial charge in [0.1, 0.15) is 12.8 Å². The molecule has 0 aliphatic carbocycles. The number of amides is 1. The normalized spacial score (nSPS) is 22.4. The summed E-state index contributed by atoms with van der Waals surface area (Å²) in [6.45, 7) is 7.02. The zero-order valence-electron chi connectivity index (χ0n) is 17.1. The third kappa shape index (κ3) is 4.38. The molecule has 0 radical (unpaired) electrons. The number of ether oxygens (including phenoxy) is 1. The SMILES string of the molecule is CC(C)CC1c2[nH]c3ccc(Cl)cc3c2CCN1C(=O)OCCN1CCC(F)C1. The highest BCUT2D eigenvalue weighted by Gasteiger charge is 2.34. The summed E-state index contributed by atoms with van der Waals surface area (Å²) >= 11 is 6.21. The molecule has 1 N–H and O–H groups in total. The molecule has 158 valence electrons. The lowest BCUT2D eigenvalue weighted by Gasteiger charge is -2.36. The first-order valence-electron chi connectivity index (χ1n) is 10.5. The molecular formula is C22H29ClFN3O2. The van der Waals surface area contributed by atoms with Gasteiger partial charge in [-0.15, -0.1) is 0 Å². The Bertz CT molecular complexity index is 884. The zero-order valence-corrected chi connectivity index (χ0v) is 17.8. The molecule has 0 spiro atoms. The number of carbonyl (C=O) groups excluding carboxylic acids is 1. The number of halogens is 2. The number of hydrogen-bond acceptors (Lipinski definition) is 3. The highest BCUT2D eigenvalue weighted by atomic mass is 35.5. The molecule has 5 nitrogen and oxygen atoms in total. The van der Waals surface area contributed by atoms with Crippen LogP contribution in [0.2, 0.25) is 5.02 Å². The topological polar surface area (TPSA) is 48.6 Å². The van der Waals surface area contributed by atoms with Crippen LogP contribution >= 0.6 is 11.6 Å². The molecule has 2 atom stereocenters. The largest absolute Gasteiger partial charge is 0.448 e. The predicted molar refractivity (Wildman–Crippen MR) is 113 cm³/mol. The van der Waals surface area contributed by atoms with Gasteiger partial charge in [0.15, 0.2) is 0 Å². The second-order valence-corrected chi connectivity index (χ2v) is 9.03. The maximum atomic E-state index is 13.3. The van der Waals surface area contributed by atoms with Gasteiger partial charge in [-0.2, -0.15) is 0 Å². The third-order valence-corrected chi connectivity index (χ3v) is 6.23. The van der Waals surface area contributed by atoms with Crippen molar-refractivity contribution < 1.29 is 13.9 Å². The van der Waals surface area contributed by atoms with Gasteiger partial charge in [-0.3, -0.25) is 9.80 Å². The van der Waals surface area contributed by atoms with Gasteiger partial charge in [-0.1, -0.05) is 25.4 Å². The monoisotopic (exact) mass is 421 g/mol. The van der Waals surface area contributed by atoms with Gasteiger partial charge in [0.05, 0.1) is 6.04 Å². The molecule has 1 amide bonds. The molecular weight excluding hydrogens is 393 g/mol. The van der Waals surface area contributed by atoms with Gasteiger partial charge >= 0.3 is 6.09 Å². The lowest BCUT2D eigenvalue weighted by Crippen LogP contribution is -2.41. The Hall–Kier alpha value is -1.79. The van der Waals surface area contributed by atoms with Crippen molar-refractivity contribution in [3.8, 4) is 0 Å². The summed E-state index contributed by atoms with van der Waals surface area (Å²) in [5.74, 6) is 0.433. The van der Waals surface area contributed by atoms with Crippen molar-refractivity contribution in [2.45, 2.75) is 45.3 Å². The molecule has 3 heterocycles. The second kappa shape index (κ2) is 8.52. The highest BCUT2D eigenvalue weighted by molar-refractivity contribution is 6.31. The molecule has 0 bridgehead atoms. The summed E-state index contributed by atoms with van der Waals surface area (Å²) in [7, 11) is 0. The fraction of sp³-hybridized carbons (Fsp3) is 0.591.